The quantitative estimate of drug-likeness (QED) is 0.709. The van der Waals surface area contributed by atoms with Gasteiger partial charge in [-0.3, -0.25) is 0 Å². The molecule has 2 aliphatic carbocycles. The van der Waals surface area contributed by atoms with Gasteiger partial charge in [-0.1, -0.05) is 13.8 Å². The predicted molar refractivity (Wildman–Crippen MR) is 85.2 cm³/mol. The molecule has 2 aliphatic rings. The molecule has 0 spiro atoms. The fraction of sp³-hybridized carbons (Fsp3) is 0.941. The largest absolute Gasteiger partial charge is 0.396 e. The van der Waals surface area contributed by atoms with E-state index in [2.05, 4.69) is 19.2 Å². The zero-order chi connectivity index (χ0) is 15.2. The second kappa shape index (κ2) is 8.02. The molecule has 0 aromatic heterocycles. The maximum Gasteiger partial charge on any atom is 0.317 e. The molecule has 2 rings (SSSR count). The van der Waals surface area contributed by atoms with Crippen molar-refractivity contribution in [2.75, 3.05) is 13.2 Å². The van der Waals surface area contributed by atoms with E-state index in [1.54, 1.807) is 0 Å². The average Bonchev–Trinajstić information content (AvgIpc) is 3.28. The molecule has 0 aromatic carbocycles. The van der Waals surface area contributed by atoms with Gasteiger partial charge in [-0.15, -0.1) is 0 Å². The number of carbonyl (C=O) groups is 1. The molecule has 122 valence electrons. The number of hydrogen-bond donors (Lipinski definition) is 2. The molecular formula is C17H32N2O2. The number of rotatable bonds is 7. The molecule has 2 saturated carbocycles. The van der Waals surface area contributed by atoms with E-state index in [1.165, 1.54) is 12.8 Å². The highest BCUT2D eigenvalue weighted by Gasteiger charge is 2.33. The second-order valence-corrected chi connectivity index (χ2v) is 7.16. The zero-order valence-corrected chi connectivity index (χ0v) is 13.7. The minimum Gasteiger partial charge on any atom is -0.396 e. The molecule has 2 N–H and O–H groups in total. The Morgan fingerprint density at radius 1 is 1.14 bits per heavy atom. The highest BCUT2D eigenvalue weighted by Crippen LogP contribution is 2.31. The van der Waals surface area contributed by atoms with Crippen LogP contribution in [0.25, 0.3) is 0 Å². The molecule has 0 bridgehead atoms. The molecule has 4 nitrogen and oxygen atoms in total. The molecule has 4 heteroatoms. The van der Waals surface area contributed by atoms with Gasteiger partial charge >= 0.3 is 6.03 Å². The van der Waals surface area contributed by atoms with Crippen molar-refractivity contribution in [3.05, 3.63) is 0 Å². The van der Waals surface area contributed by atoms with Crippen molar-refractivity contribution >= 4 is 6.03 Å². The van der Waals surface area contributed by atoms with Gasteiger partial charge in [0.2, 0.25) is 0 Å². The van der Waals surface area contributed by atoms with Crippen molar-refractivity contribution in [1.29, 1.82) is 0 Å². The zero-order valence-electron chi connectivity index (χ0n) is 13.7. The Balaban J connectivity index is 1.74. The third kappa shape index (κ3) is 5.17. The number of urea groups is 1. The van der Waals surface area contributed by atoms with Crippen LogP contribution in [0, 0.1) is 11.8 Å². The molecule has 2 amide bonds. The van der Waals surface area contributed by atoms with Crippen molar-refractivity contribution < 1.29 is 9.90 Å². The van der Waals surface area contributed by atoms with Crippen LogP contribution in [0.4, 0.5) is 4.79 Å². The van der Waals surface area contributed by atoms with Crippen LogP contribution in [-0.2, 0) is 0 Å². The summed E-state index contributed by atoms with van der Waals surface area (Å²) in [5, 5.41) is 12.1. The van der Waals surface area contributed by atoms with Gasteiger partial charge in [0.05, 0.1) is 0 Å². The second-order valence-electron chi connectivity index (χ2n) is 7.16. The van der Waals surface area contributed by atoms with Gasteiger partial charge in [0, 0.05) is 25.2 Å². The first-order valence-electron chi connectivity index (χ1n) is 8.79. The molecule has 0 saturated heterocycles. The molecule has 0 atom stereocenters. The first-order chi connectivity index (χ1) is 10.1. The topological polar surface area (TPSA) is 52.6 Å². The summed E-state index contributed by atoms with van der Waals surface area (Å²) in [7, 11) is 0. The van der Waals surface area contributed by atoms with Crippen molar-refractivity contribution in [2.24, 2.45) is 11.8 Å². The summed E-state index contributed by atoms with van der Waals surface area (Å²) in [5.41, 5.74) is 0. The number of carbonyl (C=O) groups excluding carboxylic acids is 1. The van der Waals surface area contributed by atoms with E-state index >= 15 is 0 Å². The third-order valence-electron chi connectivity index (χ3n) is 5.10. The molecule has 0 aliphatic heterocycles. The van der Waals surface area contributed by atoms with Crippen LogP contribution in [-0.4, -0.2) is 41.3 Å². The van der Waals surface area contributed by atoms with E-state index in [4.69, 9.17) is 5.11 Å². The highest BCUT2D eigenvalue weighted by atomic mass is 16.3. The fourth-order valence-corrected chi connectivity index (χ4v) is 3.42. The van der Waals surface area contributed by atoms with Crippen LogP contribution in [0.3, 0.4) is 0 Å². The third-order valence-corrected chi connectivity index (χ3v) is 5.10. The van der Waals surface area contributed by atoms with Crippen LogP contribution in [0.1, 0.15) is 65.2 Å². The maximum atomic E-state index is 12.5. The van der Waals surface area contributed by atoms with E-state index in [-0.39, 0.29) is 12.6 Å². The summed E-state index contributed by atoms with van der Waals surface area (Å²) in [6, 6.07) is 0.950. The number of hydrogen-bond acceptors (Lipinski definition) is 2. The highest BCUT2D eigenvalue weighted by molar-refractivity contribution is 5.75. The standard InChI is InChI=1S/C17H32N2O2/c1-13(2)14-5-7-15(8-6-14)18-17(21)19(16-9-10-16)11-3-4-12-20/h13-16,20H,3-12H2,1-2H3,(H,18,21). The van der Waals surface area contributed by atoms with Gasteiger partial charge in [0.15, 0.2) is 0 Å². The number of aliphatic hydroxyl groups is 1. The lowest BCUT2D eigenvalue weighted by Gasteiger charge is -2.33. The van der Waals surface area contributed by atoms with Crippen molar-refractivity contribution in [3.8, 4) is 0 Å². The van der Waals surface area contributed by atoms with Crippen LogP contribution >= 0.6 is 0 Å². The summed E-state index contributed by atoms with van der Waals surface area (Å²) in [6.07, 6.45) is 8.73. The molecule has 2 fully saturated rings. The lowest BCUT2D eigenvalue weighted by molar-refractivity contribution is 0.176. The number of amides is 2. The summed E-state index contributed by atoms with van der Waals surface area (Å²) in [6.45, 7) is 5.62. The first-order valence-corrected chi connectivity index (χ1v) is 8.79. The van der Waals surface area contributed by atoms with Gasteiger partial charge in [0.25, 0.3) is 0 Å². The van der Waals surface area contributed by atoms with E-state index in [9.17, 15) is 4.79 Å². The lowest BCUT2D eigenvalue weighted by Crippen LogP contribution is -2.47. The Kier molecular flexibility index (Phi) is 6.34. The summed E-state index contributed by atoms with van der Waals surface area (Å²) >= 11 is 0. The average molecular weight is 296 g/mol. The van der Waals surface area contributed by atoms with E-state index in [0.29, 0.717) is 12.1 Å². The minimum atomic E-state index is 0.128. The van der Waals surface area contributed by atoms with E-state index in [0.717, 1.165) is 56.9 Å². The monoisotopic (exact) mass is 296 g/mol. The lowest BCUT2D eigenvalue weighted by atomic mass is 9.80. The van der Waals surface area contributed by atoms with Gasteiger partial charge in [-0.05, 0) is 63.2 Å². The molecule has 0 aromatic rings. The number of nitrogens with zero attached hydrogens (tertiary/aromatic N) is 1. The van der Waals surface area contributed by atoms with Gasteiger partial charge in [0.1, 0.15) is 0 Å². The molecule has 0 heterocycles. The van der Waals surface area contributed by atoms with Crippen molar-refractivity contribution in [2.45, 2.75) is 77.3 Å². The normalized spacial score (nSPS) is 25.9. The molecule has 0 unspecified atom stereocenters. The number of nitrogens with one attached hydrogen (secondary N) is 1. The Morgan fingerprint density at radius 3 is 2.33 bits per heavy atom. The van der Waals surface area contributed by atoms with Crippen LogP contribution in [0.2, 0.25) is 0 Å². The van der Waals surface area contributed by atoms with Crippen molar-refractivity contribution in [3.63, 3.8) is 0 Å². The Bertz CT molecular complexity index is 321. The van der Waals surface area contributed by atoms with Gasteiger partial charge in [-0.25, -0.2) is 4.79 Å². The van der Waals surface area contributed by atoms with Crippen molar-refractivity contribution in [1.82, 2.24) is 10.2 Å². The number of unbranched alkanes of at least 4 members (excludes halogenated alkanes) is 1. The van der Waals surface area contributed by atoms with Gasteiger partial charge < -0.3 is 15.3 Å². The molecule has 21 heavy (non-hydrogen) atoms. The Hall–Kier alpha value is -0.770. The summed E-state index contributed by atoms with van der Waals surface area (Å²) < 4.78 is 0. The SMILES string of the molecule is CC(C)C1CCC(NC(=O)N(CCCCO)C2CC2)CC1. The minimum absolute atomic E-state index is 0.128. The van der Waals surface area contributed by atoms with E-state index in [1.807, 2.05) is 4.90 Å². The fourth-order valence-electron chi connectivity index (χ4n) is 3.42. The summed E-state index contributed by atoms with van der Waals surface area (Å²) in [5.74, 6) is 1.60. The predicted octanol–water partition coefficient (Wildman–Crippen LogP) is 3.15. The first kappa shape index (κ1) is 16.6. The van der Waals surface area contributed by atoms with Crippen LogP contribution in [0.15, 0.2) is 0 Å². The van der Waals surface area contributed by atoms with Crippen LogP contribution < -0.4 is 5.32 Å². The molecule has 0 radical (unpaired) electrons. The summed E-state index contributed by atoms with van der Waals surface area (Å²) in [4.78, 5) is 14.5. The van der Waals surface area contributed by atoms with E-state index < -0.39 is 0 Å². The maximum absolute atomic E-state index is 12.5. The molecular weight excluding hydrogens is 264 g/mol. The van der Waals surface area contributed by atoms with Crippen LogP contribution in [0.5, 0.6) is 0 Å². The van der Waals surface area contributed by atoms with Gasteiger partial charge in [-0.2, -0.15) is 0 Å². The smallest absolute Gasteiger partial charge is 0.317 e. The Labute approximate surface area is 129 Å². The Morgan fingerprint density at radius 2 is 1.81 bits per heavy atom. The number of aliphatic hydroxyl groups excluding tert-OH is 1.